The van der Waals surface area contributed by atoms with Crippen molar-refractivity contribution in [2.45, 2.75) is 45.1 Å². The first-order valence-electron chi connectivity index (χ1n) is 9.27. The van der Waals surface area contributed by atoms with E-state index in [0.717, 1.165) is 0 Å². The lowest BCUT2D eigenvalue weighted by Crippen LogP contribution is -2.45. The van der Waals surface area contributed by atoms with Crippen molar-refractivity contribution in [3.8, 4) is 0 Å². The number of carbonyl (C=O) groups excluding carboxylic acids is 3. The van der Waals surface area contributed by atoms with E-state index in [0.29, 0.717) is 5.56 Å². The molecule has 1 rings (SSSR count). The van der Waals surface area contributed by atoms with Gasteiger partial charge in [0, 0.05) is 24.5 Å². The first-order valence-corrected chi connectivity index (χ1v) is 9.27. The third-order valence-corrected chi connectivity index (χ3v) is 4.07. The minimum Gasteiger partial charge on any atom is -0.480 e. The van der Waals surface area contributed by atoms with Crippen LogP contribution in [0.25, 0.3) is 0 Å². The van der Waals surface area contributed by atoms with Gasteiger partial charge in [-0.15, -0.1) is 0 Å². The smallest absolute Gasteiger partial charge is 0.326 e. The Morgan fingerprint density at radius 3 is 2.10 bits per heavy atom. The Balaban J connectivity index is 3.07. The molecule has 30 heavy (non-hydrogen) atoms. The summed E-state index contributed by atoms with van der Waals surface area (Å²) < 4.78 is 9.60. The van der Waals surface area contributed by atoms with Crippen LogP contribution in [-0.4, -0.2) is 53.1 Å². The number of nitrogens with zero attached hydrogens (tertiary/aromatic N) is 1. The molecule has 0 aliphatic carbocycles. The highest BCUT2D eigenvalue weighted by atomic mass is 16.6. The molecule has 2 N–H and O–H groups in total. The molecule has 0 unspecified atom stereocenters. The molecule has 2 atom stereocenters. The Kier molecular flexibility index (Phi) is 9.93. The van der Waals surface area contributed by atoms with Crippen LogP contribution in [0.5, 0.6) is 0 Å². The molecule has 1 aromatic rings. The molecule has 11 heteroatoms. The minimum absolute atomic E-state index is 0.0788. The third kappa shape index (κ3) is 7.86. The fourth-order valence-electron chi connectivity index (χ4n) is 2.70. The molecule has 0 aromatic heterocycles. The van der Waals surface area contributed by atoms with Crippen LogP contribution in [0.1, 0.15) is 44.6 Å². The number of amides is 1. The number of nitro benzene ring substituents is 1. The van der Waals surface area contributed by atoms with E-state index in [2.05, 4.69) is 5.32 Å². The van der Waals surface area contributed by atoms with Gasteiger partial charge < -0.3 is 19.9 Å². The van der Waals surface area contributed by atoms with E-state index in [9.17, 15) is 34.4 Å². The van der Waals surface area contributed by atoms with Gasteiger partial charge in [-0.2, -0.15) is 0 Å². The Morgan fingerprint density at radius 2 is 1.60 bits per heavy atom. The molecule has 0 aliphatic rings. The molecule has 1 amide bonds. The van der Waals surface area contributed by atoms with Crippen molar-refractivity contribution < 1.29 is 38.7 Å². The lowest BCUT2D eigenvalue weighted by atomic mass is 9.88. The summed E-state index contributed by atoms with van der Waals surface area (Å²) in [4.78, 5) is 57.6. The van der Waals surface area contributed by atoms with Crippen LogP contribution < -0.4 is 5.32 Å². The van der Waals surface area contributed by atoms with Crippen molar-refractivity contribution in [2.24, 2.45) is 0 Å². The number of nitrogens with one attached hydrogen (secondary N) is 1. The van der Waals surface area contributed by atoms with Gasteiger partial charge in [-0.1, -0.05) is 12.1 Å². The summed E-state index contributed by atoms with van der Waals surface area (Å²) in [5.74, 6) is -4.46. The normalized spacial score (nSPS) is 12.3. The second kappa shape index (κ2) is 12.1. The Hall–Kier alpha value is -3.50. The second-order valence-electron chi connectivity index (χ2n) is 6.15. The number of rotatable bonds is 12. The number of carboxylic acids is 1. The molecular formula is C19H24N2O9. The summed E-state index contributed by atoms with van der Waals surface area (Å²) in [5.41, 5.74) is 0.0886. The van der Waals surface area contributed by atoms with E-state index < -0.39 is 40.7 Å². The fourth-order valence-corrected chi connectivity index (χ4v) is 2.70. The van der Waals surface area contributed by atoms with Crippen molar-refractivity contribution in [1.29, 1.82) is 0 Å². The van der Waals surface area contributed by atoms with Crippen molar-refractivity contribution >= 4 is 29.5 Å². The zero-order valence-electron chi connectivity index (χ0n) is 16.7. The fraction of sp³-hybridized carbons (Fsp3) is 0.474. The molecule has 1 aromatic carbocycles. The second-order valence-corrected chi connectivity index (χ2v) is 6.15. The van der Waals surface area contributed by atoms with Crippen LogP contribution in [0.2, 0.25) is 0 Å². The lowest BCUT2D eigenvalue weighted by molar-refractivity contribution is -0.384. The van der Waals surface area contributed by atoms with Crippen LogP contribution in [0.15, 0.2) is 24.3 Å². The largest absolute Gasteiger partial charge is 0.480 e. The summed E-state index contributed by atoms with van der Waals surface area (Å²) in [6.07, 6.45) is -0.901. The quantitative estimate of drug-likeness (QED) is 0.288. The van der Waals surface area contributed by atoms with Gasteiger partial charge in [-0.25, -0.2) is 4.79 Å². The summed E-state index contributed by atoms with van der Waals surface area (Å²) in [7, 11) is 0. The van der Waals surface area contributed by atoms with Crippen molar-refractivity contribution in [3.05, 3.63) is 39.9 Å². The Labute approximate surface area is 172 Å². The number of esters is 2. The molecule has 0 spiro atoms. The first-order chi connectivity index (χ1) is 14.2. The topological polar surface area (TPSA) is 162 Å². The SMILES string of the molecule is CCOC(=O)CCC(=O)N[C@@H](C(=O)O)[C@@H](CC(=O)OCC)c1ccc([N+](=O)[O-])cc1. The summed E-state index contributed by atoms with van der Waals surface area (Å²) in [5, 5.41) is 22.8. The van der Waals surface area contributed by atoms with Crippen molar-refractivity contribution in [3.63, 3.8) is 0 Å². The van der Waals surface area contributed by atoms with Gasteiger partial charge in [0.1, 0.15) is 6.04 Å². The van der Waals surface area contributed by atoms with E-state index in [1.54, 1.807) is 13.8 Å². The van der Waals surface area contributed by atoms with Crippen LogP contribution in [0.3, 0.4) is 0 Å². The number of carbonyl (C=O) groups is 4. The van der Waals surface area contributed by atoms with E-state index >= 15 is 0 Å². The molecule has 0 saturated carbocycles. The lowest BCUT2D eigenvalue weighted by Gasteiger charge is -2.24. The summed E-state index contributed by atoms with van der Waals surface area (Å²) in [6, 6.07) is 3.47. The minimum atomic E-state index is -1.52. The van der Waals surface area contributed by atoms with Gasteiger partial charge in [0.05, 0.1) is 31.0 Å². The number of carboxylic acid groups (broad SMARTS) is 1. The molecule has 0 fully saturated rings. The zero-order chi connectivity index (χ0) is 22.7. The maximum absolute atomic E-state index is 12.2. The maximum Gasteiger partial charge on any atom is 0.326 e. The van der Waals surface area contributed by atoms with E-state index in [4.69, 9.17) is 9.47 Å². The van der Waals surface area contributed by atoms with Gasteiger partial charge in [-0.05, 0) is 19.4 Å². The molecule has 0 saturated heterocycles. The van der Waals surface area contributed by atoms with Gasteiger partial charge in [0.2, 0.25) is 5.91 Å². The van der Waals surface area contributed by atoms with Crippen LogP contribution in [-0.2, 0) is 28.7 Å². The first kappa shape index (κ1) is 24.5. The Morgan fingerprint density at radius 1 is 1.03 bits per heavy atom. The number of hydrogen-bond donors (Lipinski definition) is 2. The number of hydrogen-bond acceptors (Lipinski definition) is 8. The average Bonchev–Trinajstić information content (AvgIpc) is 2.69. The van der Waals surface area contributed by atoms with Crippen LogP contribution in [0, 0.1) is 10.1 Å². The maximum atomic E-state index is 12.2. The standard InChI is InChI=1S/C19H24N2O9/c1-3-29-16(23)10-9-15(22)20-18(19(25)26)14(11-17(24)30-4-2)12-5-7-13(8-6-12)21(27)28/h5-8,14,18H,3-4,9-11H2,1-2H3,(H,20,22)(H,25,26)/t14-,18+/m0/s1. The number of non-ortho nitro benzene ring substituents is 1. The number of benzene rings is 1. The highest BCUT2D eigenvalue weighted by Crippen LogP contribution is 2.27. The Bertz CT molecular complexity index is 777. The summed E-state index contributed by atoms with van der Waals surface area (Å²) in [6.45, 7) is 3.43. The highest BCUT2D eigenvalue weighted by molar-refractivity contribution is 5.87. The monoisotopic (exact) mass is 424 g/mol. The summed E-state index contributed by atoms with van der Waals surface area (Å²) >= 11 is 0. The van der Waals surface area contributed by atoms with Gasteiger partial charge in [-0.3, -0.25) is 24.5 Å². The number of aliphatic carboxylic acids is 1. The highest BCUT2D eigenvalue weighted by Gasteiger charge is 2.33. The predicted molar refractivity (Wildman–Crippen MR) is 103 cm³/mol. The van der Waals surface area contributed by atoms with E-state index in [1.807, 2.05) is 0 Å². The van der Waals surface area contributed by atoms with E-state index in [1.165, 1.54) is 24.3 Å². The molecule has 0 aliphatic heterocycles. The molecular weight excluding hydrogens is 400 g/mol. The molecule has 164 valence electrons. The molecule has 0 bridgehead atoms. The van der Waals surface area contributed by atoms with Crippen molar-refractivity contribution in [1.82, 2.24) is 5.32 Å². The number of nitro groups is 1. The zero-order valence-corrected chi connectivity index (χ0v) is 16.7. The molecule has 0 radical (unpaired) electrons. The predicted octanol–water partition coefficient (Wildman–Crippen LogP) is 1.54. The average molecular weight is 424 g/mol. The van der Waals surface area contributed by atoms with Gasteiger partial charge >= 0.3 is 17.9 Å². The molecule has 0 heterocycles. The molecule has 11 nitrogen and oxygen atoms in total. The van der Waals surface area contributed by atoms with Gasteiger partial charge in [0.25, 0.3) is 5.69 Å². The van der Waals surface area contributed by atoms with Crippen LogP contribution in [0.4, 0.5) is 5.69 Å². The van der Waals surface area contributed by atoms with Crippen LogP contribution >= 0.6 is 0 Å². The number of ether oxygens (including phenoxy) is 2. The van der Waals surface area contributed by atoms with Crippen molar-refractivity contribution in [2.75, 3.05) is 13.2 Å². The van der Waals surface area contributed by atoms with E-state index in [-0.39, 0.29) is 38.2 Å². The third-order valence-electron chi connectivity index (χ3n) is 4.07. The van der Waals surface area contributed by atoms with Gasteiger partial charge in [0.15, 0.2) is 0 Å².